The van der Waals surface area contributed by atoms with Crippen molar-refractivity contribution in [2.24, 2.45) is 0 Å². The summed E-state index contributed by atoms with van der Waals surface area (Å²) >= 11 is 6.11. The van der Waals surface area contributed by atoms with Crippen LogP contribution < -0.4 is 10.9 Å². The summed E-state index contributed by atoms with van der Waals surface area (Å²) in [5, 5.41) is 11.8. The molecule has 1 amide bonds. The van der Waals surface area contributed by atoms with Crippen molar-refractivity contribution in [3.8, 4) is 0 Å². The minimum absolute atomic E-state index is 0.0628. The van der Waals surface area contributed by atoms with Gasteiger partial charge in [-0.05, 0) is 31.2 Å². The number of benzene rings is 2. The average molecular weight is 450 g/mol. The van der Waals surface area contributed by atoms with Crippen molar-refractivity contribution in [1.29, 1.82) is 0 Å². The monoisotopic (exact) mass is 449 g/mol. The topological polar surface area (TPSA) is 101 Å². The van der Waals surface area contributed by atoms with Crippen molar-refractivity contribution < 1.29 is 23.5 Å². The molecule has 1 heterocycles. The second-order valence-electron chi connectivity index (χ2n) is 6.87. The van der Waals surface area contributed by atoms with Gasteiger partial charge in [-0.15, -0.1) is 0 Å². The number of para-hydroxylation sites is 1. The molecule has 10 heteroatoms. The van der Waals surface area contributed by atoms with Crippen molar-refractivity contribution >= 4 is 34.4 Å². The van der Waals surface area contributed by atoms with Crippen molar-refractivity contribution in [2.75, 3.05) is 0 Å². The van der Waals surface area contributed by atoms with Crippen LogP contribution in [0.2, 0.25) is 5.02 Å². The van der Waals surface area contributed by atoms with Crippen LogP contribution in [0.3, 0.4) is 0 Å². The summed E-state index contributed by atoms with van der Waals surface area (Å²) in [6.07, 6.45) is -0.433. The van der Waals surface area contributed by atoms with E-state index in [1.165, 1.54) is 19.1 Å². The third-order valence-corrected chi connectivity index (χ3v) is 4.99. The fourth-order valence-corrected chi connectivity index (χ4v) is 3.47. The Bertz CT molecular complexity index is 1210. The second kappa shape index (κ2) is 9.22. The van der Waals surface area contributed by atoms with E-state index in [1.807, 2.05) is 0 Å². The number of rotatable bonds is 7. The summed E-state index contributed by atoms with van der Waals surface area (Å²) in [7, 11) is 0. The summed E-state index contributed by atoms with van der Waals surface area (Å²) in [5.74, 6) is -3.36. The van der Waals surface area contributed by atoms with Crippen LogP contribution in [0.4, 0.5) is 8.78 Å². The number of carboxylic acid groups (broad SMARTS) is 1. The Labute approximate surface area is 180 Å². The molecule has 0 saturated heterocycles. The molecule has 7 nitrogen and oxygen atoms in total. The highest BCUT2D eigenvalue weighted by atomic mass is 35.5. The predicted octanol–water partition coefficient (Wildman–Crippen LogP) is 3.22. The van der Waals surface area contributed by atoms with Gasteiger partial charge in [0.05, 0.1) is 28.4 Å². The number of halogens is 3. The third-order valence-electron chi connectivity index (χ3n) is 4.69. The molecule has 0 aliphatic rings. The molecule has 3 rings (SSSR count). The number of carboxylic acids is 1. The summed E-state index contributed by atoms with van der Waals surface area (Å²) in [4.78, 5) is 40.8. The van der Waals surface area contributed by atoms with Crippen LogP contribution in [0.5, 0.6) is 0 Å². The smallest absolute Gasteiger partial charge is 0.303 e. The Morgan fingerprint density at radius 1 is 1.19 bits per heavy atom. The van der Waals surface area contributed by atoms with Crippen LogP contribution in [-0.4, -0.2) is 26.5 Å². The van der Waals surface area contributed by atoms with Gasteiger partial charge in [0.1, 0.15) is 24.0 Å². The Hall–Kier alpha value is -3.33. The molecule has 0 fully saturated rings. The zero-order valence-electron chi connectivity index (χ0n) is 16.4. The van der Waals surface area contributed by atoms with Gasteiger partial charge in [0.2, 0.25) is 5.91 Å². The van der Waals surface area contributed by atoms with Gasteiger partial charge in [-0.3, -0.25) is 19.0 Å². The number of hydrogen-bond acceptors (Lipinski definition) is 4. The van der Waals surface area contributed by atoms with Gasteiger partial charge in [0.25, 0.3) is 5.56 Å². The first-order valence-corrected chi connectivity index (χ1v) is 9.69. The van der Waals surface area contributed by atoms with Gasteiger partial charge < -0.3 is 10.4 Å². The van der Waals surface area contributed by atoms with Gasteiger partial charge >= 0.3 is 5.97 Å². The zero-order chi connectivity index (χ0) is 22.7. The van der Waals surface area contributed by atoms with Gasteiger partial charge in [0, 0.05) is 12.0 Å². The molecule has 0 aliphatic carbocycles. The fourth-order valence-electron chi connectivity index (χ4n) is 3.25. The highest BCUT2D eigenvalue weighted by Crippen LogP contribution is 2.21. The minimum Gasteiger partial charge on any atom is -0.481 e. The molecule has 0 bridgehead atoms. The molecule has 0 unspecified atom stereocenters. The molecule has 162 valence electrons. The van der Waals surface area contributed by atoms with E-state index in [4.69, 9.17) is 16.7 Å². The summed E-state index contributed by atoms with van der Waals surface area (Å²) in [5.41, 5.74) is -0.682. The van der Waals surface area contributed by atoms with E-state index in [-0.39, 0.29) is 40.2 Å². The molecule has 2 N–H and O–H groups in total. The lowest BCUT2D eigenvalue weighted by molar-refractivity contribution is -0.137. The number of fused-ring (bicyclic) bond motifs is 1. The van der Waals surface area contributed by atoms with Crippen molar-refractivity contribution in [2.45, 2.75) is 32.4 Å². The molecule has 31 heavy (non-hydrogen) atoms. The maximum absolute atomic E-state index is 14.0. The van der Waals surface area contributed by atoms with Crippen molar-refractivity contribution in [3.63, 3.8) is 0 Å². The number of amides is 1. The average Bonchev–Trinajstić information content (AvgIpc) is 2.69. The fraction of sp³-hybridized carbons (Fsp3) is 0.238. The van der Waals surface area contributed by atoms with E-state index in [1.54, 1.807) is 12.1 Å². The highest BCUT2D eigenvalue weighted by Gasteiger charge is 2.20. The largest absolute Gasteiger partial charge is 0.481 e. The van der Waals surface area contributed by atoms with Crippen LogP contribution in [0.15, 0.2) is 41.2 Å². The lowest BCUT2D eigenvalue weighted by Crippen LogP contribution is -2.36. The van der Waals surface area contributed by atoms with E-state index in [0.29, 0.717) is 0 Å². The number of carbonyl (C=O) groups excluding carboxylic acids is 1. The van der Waals surface area contributed by atoms with E-state index in [2.05, 4.69) is 10.3 Å². The van der Waals surface area contributed by atoms with Crippen LogP contribution in [-0.2, 0) is 22.6 Å². The number of aromatic nitrogens is 2. The first-order chi connectivity index (χ1) is 14.7. The Kier molecular flexibility index (Phi) is 6.65. The number of nitrogens with one attached hydrogen (secondary N) is 1. The highest BCUT2D eigenvalue weighted by molar-refractivity contribution is 6.34. The number of nitrogens with zero attached hydrogens (tertiary/aromatic N) is 2. The molecule has 3 aromatic rings. The quantitative estimate of drug-likeness (QED) is 0.576. The Morgan fingerprint density at radius 3 is 2.48 bits per heavy atom. The summed E-state index contributed by atoms with van der Waals surface area (Å²) < 4.78 is 29.0. The Balaban J connectivity index is 1.94. The van der Waals surface area contributed by atoms with Crippen LogP contribution in [0, 0.1) is 11.6 Å². The predicted molar refractivity (Wildman–Crippen MR) is 110 cm³/mol. The number of aliphatic carboxylic acids is 1. The third kappa shape index (κ3) is 4.88. The van der Waals surface area contributed by atoms with Gasteiger partial charge in [-0.1, -0.05) is 23.7 Å². The molecular weight excluding hydrogens is 432 g/mol. The second-order valence-corrected chi connectivity index (χ2v) is 7.28. The number of aryl methyl sites for hydroxylation is 1. The summed E-state index contributed by atoms with van der Waals surface area (Å²) in [6, 6.07) is 6.94. The number of carbonyl (C=O) groups is 2. The molecule has 0 aliphatic heterocycles. The van der Waals surface area contributed by atoms with Gasteiger partial charge in [0.15, 0.2) is 0 Å². The molecule has 1 atom stereocenters. The molecule has 2 aromatic carbocycles. The zero-order valence-corrected chi connectivity index (χ0v) is 17.1. The maximum Gasteiger partial charge on any atom is 0.303 e. The molecule has 1 aromatic heterocycles. The first-order valence-electron chi connectivity index (χ1n) is 9.32. The van der Waals surface area contributed by atoms with Gasteiger partial charge in [-0.25, -0.2) is 13.8 Å². The lowest BCUT2D eigenvalue weighted by atomic mass is 10.1. The maximum atomic E-state index is 14.0. The molecule has 0 saturated carbocycles. The first kappa shape index (κ1) is 22.4. The van der Waals surface area contributed by atoms with E-state index >= 15 is 0 Å². The van der Waals surface area contributed by atoms with E-state index in [9.17, 15) is 23.2 Å². The SMILES string of the molecule is C[C@@H](NC(=O)Cn1c(CCC(=O)O)nc2c(Cl)cccc2c1=O)c1c(F)cccc1F. The normalized spacial score (nSPS) is 12.0. The van der Waals surface area contributed by atoms with E-state index < -0.39 is 41.7 Å². The molecule has 0 spiro atoms. The Morgan fingerprint density at radius 2 is 1.84 bits per heavy atom. The number of hydrogen-bond donors (Lipinski definition) is 2. The molecule has 0 radical (unpaired) electrons. The van der Waals surface area contributed by atoms with Crippen molar-refractivity contribution in [1.82, 2.24) is 14.9 Å². The standard InChI is InChI=1S/C21H18ClF2N3O4/c1-11(19-14(23)6-3-7-15(19)24)25-17(28)10-27-16(8-9-18(29)30)26-20-12(21(27)31)4-2-5-13(20)22/h2-7,11H,8-10H2,1H3,(H,25,28)(H,29,30)/t11-/m1/s1. The van der Waals surface area contributed by atoms with Gasteiger partial charge in [-0.2, -0.15) is 0 Å². The molecular formula is C21H18ClF2N3O4. The summed E-state index contributed by atoms with van der Waals surface area (Å²) in [6.45, 7) is 0.898. The van der Waals surface area contributed by atoms with E-state index in [0.717, 1.165) is 16.7 Å². The van der Waals surface area contributed by atoms with Crippen LogP contribution in [0.25, 0.3) is 10.9 Å². The lowest BCUT2D eigenvalue weighted by Gasteiger charge is -2.18. The van der Waals surface area contributed by atoms with Crippen LogP contribution >= 0.6 is 11.6 Å². The minimum atomic E-state index is -1.10. The van der Waals surface area contributed by atoms with Crippen molar-refractivity contribution in [3.05, 3.63) is 74.8 Å². The van der Waals surface area contributed by atoms with Crippen LogP contribution in [0.1, 0.15) is 30.8 Å².